The highest BCUT2D eigenvalue weighted by molar-refractivity contribution is 6.30. The number of nitrogens with one attached hydrogen (secondary N) is 1. The van der Waals surface area contributed by atoms with E-state index in [1.54, 1.807) is 39.0 Å². The summed E-state index contributed by atoms with van der Waals surface area (Å²) in [5.74, 6) is -1.70. The number of allylic oxidation sites excluding steroid dienone is 1. The summed E-state index contributed by atoms with van der Waals surface area (Å²) in [6.45, 7) is 5.73. The van der Waals surface area contributed by atoms with E-state index in [4.69, 9.17) is 26.8 Å². The zero-order valence-corrected chi connectivity index (χ0v) is 15.9. The van der Waals surface area contributed by atoms with E-state index in [1.165, 1.54) is 0 Å². The molecule has 0 saturated carbocycles. The molecule has 140 valence electrons. The van der Waals surface area contributed by atoms with Crippen molar-refractivity contribution < 1.29 is 19.1 Å². The van der Waals surface area contributed by atoms with Crippen LogP contribution in [0.1, 0.15) is 32.3 Å². The van der Waals surface area contributed by atoms with E-state index in [9.17, 15) is 9.59 Å². The molecule has 1 atom stereocenters. The van der Waals surface area contributed by atoms with Crippen molar-refractivity contribution in [2.24, 2.45) is 5.73 Å². The van der Waals surface area contributed by atoms with Gasteiger partial charge < -0.3 is 20.5 Å². The average Bonchev–Trinajstić information content (AvgIpc) is 2.60. The molecule has 2 rings (SSSR count). The number of esters is 2. The van der Waals surface area contributed by atoms with Gasteiger partial charge in [-0.1, -0.05) is 23.7 Å². The predicted octanol–water partition coefficient (Wildman–Crippen LogP) is 2.64. The Morgan fingerprint density at radius 2 is 1.77 bits per heavy atom. The molecular formula is C19H23ClN2O4. The number of ether oxygens (including phenoxy) is 2. The summed E-state index contributed by atoms with van der Waals surface area (Å²) < 4.78 is 10.4. The van der Waals surface area contributed by atoms with Crippen molar-refractivity contribution in [2.75, 3.05) is 19.8 Å². The molecule has 1 aromatic rings. The molecule has 0 amide bonds. The lowest BCUT2D eigenvalue weighted by Crippen LogP contribution is -2.35. The van der Waals surface area contributed by atoms with Crippen LogP contribution in [0.4, 0.5) is 0 Å². The third-order valence-corrected chi connectivity index (χ3v) is 4.26. The van der Waals surface area contributed by atoms with Gasteiger partial charge in [-0.3, -0.25) is 0 Å². The Labute approximate surface area is 158 Å². The van der Waals surface area contributed by atoms with Crippen molar-refractivity contribution >= 4 is 23.5 Å². The van der Waals surface area contributed by atoms with Gasteiger partial charge in [0.2, 0.25) is 0 Å². The van der Waals surface area contributed by atoms with Crippen molar-refractivity contribution in [2.45, 2.75) is 26.7 Å². The van der Waals surface area contributed by atoms with Crippen molar-refractivity contribution in [1.82, 2.24) is 5.32 Å². The van der Waals surface area contributed by atoms with Crippen molar-refractivity contribution in [3.05, 3.63) is 57.4 Å². The van der Waals surface area contributed by atoms with E-state index in [1.807, 2.05) is 6.07 Å². The van der Waals surface area contributed by atoms with Gasteiger partial charge in [0.05, 0.1) is 30.3 Å². The number of benzene rings is 1. The lowest BCUT2D eigenvalue weighted by Gasteiger charge is -2.31. The molecule has 6 nitrogen and oxygen atoms in total. The Bertz CT molecular complexity index is 771. The Balaban J connectivity index is 2.68. The number of carbonyl (C=O) groups excluding carboxylic acids is 2. The molecule has 0 fully saturated rings. The molecule has 1 aromatic carbocycles. The van der Waals surface area contributed by atoms with E-state index < -0.39 is 17.9 Å². The SMILES string of the molecule is CCOC(=O)C1=C(C)NC(CN)=C(C(=O)OCC)C1c1cccc(Cl)c1. The molecule has 0 saturated heterocycles. The summed E-state index contributed by atoms with van der Waals surface area (Å²) in [4.78, 5) is 25.3. The van der Waals surface area contributed by atoms with Gasteiger partial charge in [-0.25, -0.2) is 9.59 Å². The van der Waals surface area contributed by atoms with Gasteiger partial charge in [0, 0.05) is 23.0 Å². The van der Waals surface area contributed by atoms with Crippen LogP contribution in [0.5, 0.6) is 0 Å². The zero-order valence-electron chi connectivity index (χ0n) is 15.1. The van der Waals surface area contributed by atoms with Crippen LogP contribution >= 0.6 is 11.6 Å². The van der Waals surface area contributed by atoms with E-state index in [0.717, 1.165) is 0 Å². The maximum Gasteiger partial charge on any atom is 0.336 e. The smallest absolute Gasteiger partial charge is 0.336 e. The highest BCUT2D eigenvalue weighted by Crippen LogP contribution is 2.39. The van der Waals surface area contributed by atoms with Gasteiger partial charge in [-0.15, -0.1) is 0 Å². The van der Waals surface area contributed by atoms with Crippen LogP contribution in [0.25, 0.3) is 0 Å². The minimum atomic E-state index is -0.674. The fourth-order valence-electron chi connectivity index (χ4n) is 3.01. The minimum absolute atomic E-state index is 0.0959. The number of hydrogen-bond donors (Lipinski definition) is 2. The second kappa shape index (κ2) is 8.87. The summed E-state index contributed by atoms with van der Waals surface area (Å²) in [7, 11) is 0. The first-order chi connectivity index (χ1) is 12.4. The fraction of sp³-hybridized carbons (Fsp3) is 0.368. The molecule has 0 aliphatic carbocycles. The van der Waals surface area contributed by atoms with Crippen LogP contribution in [-0.2, 0) is 19.1 Å². The third kappa shape index (κ3) is 4.08. The molecule has 1 unspecified atom stereocenters. The van der Waals surface area contributed by atoms with Gasteiger partial charge >= 0.3 is 11.9 Å². The lowest BCUT2D eigenvalue weighted by atomic mass is 9.80. The summed E-state index contributed by atoms with van der Waals surface area (Å²) in [6, 6.07) is 7.02. The highest BCUT2D eigenvalue weighted by Gasteiger charge is 2.38. The van der Waals surface area contributed by atoms with E-state index in [0.29, 0.717) is 33.1 Å². The minimum Gasteiger partial charge on any atom is -0.463 e. The van der Waals surface area contributed by atoms with Gasteiger partial charge in [0.15, 0.2) is 0 Å². The van der Waals surface area contributed by atoms with Gasteiger partial charge in [0.1, 0.15) is 0 Å². The Kier molecular flexibility index (Phi) is 6.83. The second-order valence-corrected chi connectivity index (χ2v) is 6.13. The summed E-state index contributed by atoms with van der Waals surface area (Å²) in [6.07, 6.45) is 0. The summed E-state index contributed by atoms with van der Waals surface area (Å²) in [5, 5.41) is 3.56. The van der Waals surface area contributed by atoms with Crippen molar-refractivity contribution in [3.8, 4) is 0 Å². The number of rotatable bonds is 6. The maximum atomic E-state index is 12.7. The van der Waals surface area contributed by atoms with E-state index in [2.05, 4.69) is 5.32 Å². The zero-order chi connectivity index (χ0) is 19.3. The molecular weight excluding hydrogens is 356 g/mol. The Morgan fingerprint density at radius 3 is 2.31 bits per heavy atom. The van der Waals surface area contributed by atoms with E-state index in [-0.39, 0.29) is 19.8 Å². The van der Waals surface area contributed by atoms with Crippen LogP contribution in [0.2, 0.25) is 5.02 Å². The number of hydrogen-bond acceptors (Lipinski definition) is 6. The molecule has 0 spiro atoms. The van der Waals surface area contributed by atoms with E-state index >= 15 is 0 Å². The fourth-order valence-corrected chi connectivity index (χ4v) is 3.20. The Morgan fingerprint density at radius 1 is 1.15 bits per heavy atom. The van der Waals surface area contributed by atoms with Crippen molar-refractivity contribution in [1.29, 1.82) is 0 Å². The predicted molar refractivity (Wildman–Crippen MR) is 99.4 cm³/mol. The lowest BCUT2D eigenvalue weighted by molar-refractivity contribution is -0.139. The monoisotopic (exact) mass is 378 g/mol. The van der Waals surface area contributed by atoms with Crippen LogP contribution in [0, 0.1) is 0 Å². The molecule has 0 radical (unpaired) electrons. The molecule has 7 heteroatoms. The van der Waals surface area contributed by atoms with Gasteiger partial charge in [-0.2, -0.15) is 0 Å². The number of nitrogens with two attached hydrogens (primary N) is 1. The average molecular weight is 379 g/mol. The van der Waals surface area contributed by atoms with Gasteiger partial charge in [-0.05, 0) is 38.5 Å². The summed E-state index contributed by atoms with van der Waals surface area (Å²) >= 11 is 6.14. The summed E-state index contributed by atoms with van der Waals surface area (Å²) in [5.41, 5.74) is 8.27. The van der Waals surface area contributed by atoms with Crippen LogP contribution in [-0.4, -0.2) is 31.7 Å². The molecule has 0 bridgehead atoms. The van der Waals surface area contributed by atoms with Gasteiger partial charge in [0.25, 0.3) is 0 Å². The van der Waals surface area contributed by atoms with Crippen LogP contribution < -0.4 is 11.1 Å². The van der Waals surface area contributed by atoms with Crippen LogP contribution in [0.3, 0.4) is 0 Å². The van der Waals surface area contributed by atoms with Crippen molar-refractivity contribution in [3.63, 3.8) is 0 Å². The molecule has 1 heterocycles. The molecule has 26 heavy (non-hydrogen) atoms. The molecule has 0 aromatic heterocycles. The molecule has 1 aliphatic rings. The number of dihydropyridines is 1. The standard InChI is InChI=1S/C19H23ClN2O4/c1-4-25-18(23)15-11(3)22-14(10-21)17(19(24)26-5-2)16(15)12-7-6-8-13(20)9-12/h6-9,16,22H,4-5,10,21H2,1-3H3. The second-order valence-electron chi connectivity index (χ2n) is 5.69. The first-order valence-electron chi connectivity index (χ1n) is 8.45. The number of carbonyl (C=O) groups is 2. The molecule has 1 aliphatic heterocycles. The first-order valence-corrected chi connectivity index (χ1v) is 8.82. The highest BCUT2D eigenvalue weighted by atomic mass is 35.5. The number of halogens is 1. The largest absolute Gasteiger partial charge is 0.463 e. The van der Waals surface area contributed by atoms with Crippen LogP contribution in [0.15, 0.2) is 46.8 Å². The third-order valence-electron chi connectivity index (χ3n) is 4.02. The normalized spacial score (nSPS) is 17.0. The molecule has 3 N–H and O–H groups in total. The topological polar surface area (TPSA) is 90.6 Å². The maximum absolute atomic E-state index is 12.7. The quantitative estimate of drug-likeness (QED) is 0.739. The Hall–Kier alpha value is -2.31. The first kappa shape index (κ1) is 20.0.